The molecule has 5 nitrogen and oxygen atoms in total. The zero-order chi connectivity index (χ0) is 18.6. The van der Waals surface area contributed by atoms with Crippen LogP contribution in [-0.2, 0) is 0 Å². The zero-order valence-corrected chi connectivity index (χ0v) is 14.6. The van der Waals surface area contributed by atoms with E-state index >= 15 is 0 Å². The van der Waals surface area contributed by atoms with Crippen molar-refractivity contribution in [3.8, 4) is 5.69 Å². The molecule has 1 atom stereocenters. The SMILES string of the molecule is O=C(NC(CO)c1ccccc1)c1cccc(-n2cnc3ccccc32)c1. The van der Waals surface area contributed by atoms with E-state index in [4.69, 9.17) is 0 Å². The van der Waals surface area contributed by atoms with E-state index in [0.717, 1.165) is 22.3 Å². The Labute approximate surface area is 156 Å². The summed E-state index contributed by atoms with van der Waals surface area (Å²) < 4.78 is 1.95. The Kier molecular flexibility index (Phi) is 4.68. The summed E-state index contributed by atoms with van der Waals surface area (Å²) in [7, 11) is 0. The minimum absolute atomic E-state index is 0.165. The van der Waals surface area contributed by atoms with E-state index in [1.807, 2.05) is 77.4 Å². The van der Waals surface area contributed by atoms with Crippen LogP contribution in [0.4, 0.5) is 0 Å². The van der Waals surface area contributed by atoms with Crippen LogP contribution >= 0.6 is 0 Å². The number of nitrogens with zero attached hydrogens (tertiary/aromatic N) is 2. The highest BCUT2D eigenvalue weighted by molar-refractivity contribution is 5.95. The standard InChI is InChI=1S/C22H19N3O2/c26-14-20(16-7-2-1-3-8-16)24-22(27)17-9-6-10-18(13-17)25-15-23-19-11-4-5-12-21(19)25/h1-13,15,20,26H,14H2,(H,24,27). The van der Waals surface area contributed by atoms with Crippen molar-refractivity contribution in [2.75, 3.05) is 6.61 Å². The molecule has 0 saturated heterocycles. The second kappa shape index (κ2) is 7.43. The van der Waals surface area contributed by atoms with Crippen LogP contribution in [0.25, 0.3) is 16.7 Å². The van der Waals surface area contributed by atoms with Crippen molar-refractivity contribution in [1.29, 1.82) is 0 Å². The number of fused-ring (bicyclic) bond motifs is 1. The molecule has 27 heavy (non-hydrogen) atoms. The van der Waals surface area contributed by atoms with E-state index in [1.165, 1.54) is 0 Å². The quantitative estimate of drug-likeness (QED) is 0.575. The van der Waals surface area contributed by atoms with Gasteiger partial charge in [0.15, 0.2) is 0 Å². The smallest absolute Gasteiger partial charge is 0.251 e. The van der Waals surface area contributed by atoms with Crippen molar-refractivity contribution in [2.24, 2.45) is 0 Å². The Bertz CT molecular complexity index is 1070. The molecule has 1 amide bonds. The fourth-order valence-electron chi connectivity index (χ4n) is 3.12. The fraction of sp³-hybridized carbons (Fsp3) is 0.0909. The van der Waals surface area contributed by atoms with Gasteiger partial charge in [0.05, 0.1) is 23.7 Å². The van der Waals surface area contributed by atoms with Crippen molar-refractivity contribution >= 4 is 16.9 Å². The second-order valence-electron chi connectivity index (χ2n) is 6.27. The highest BCUT2D eigenvalue weighted by Gasteiger charge is 2.15. The number of carbonyl (C=O) groups excluding carboxylic acids is 1. The molecule has 0 aliphatic rings. The zero-order valence-electron chi connectivity index (χ0n) is 14.6. The minimum atomic E-state index is -0.448. The average molecular weight is 357 g/mol. The molecule has 4 aromatic rings. The van der Waals surface area contributed by atoms with Gasteiger partial charge in [0, 0.05) is 11.3 Å². The summed E-state index contributed by atoms with van der Waals surface area (Å²) in [6.07, 6.45) is 1.75. The average Bonchev–Trinajstić information content (AvgIpc) is 3.17. The van der Waals surface area contributed by atoms with Gasteiger partial charge in [-0.05, 0) is 35.9 Å². The van der Waals surface area contributed by atoms with Crippen LogP contribution in [0.2, 0.25) is 0 Å². The lowest BCUT2D eigenvalue weighted by Crippen LogP contribution is -2.30. The molecule has 5 heteroatoms. The summed E-state index contributed by atoms with van der Waals surface area (Å²) in [6.45, 7) is -0.165. The lowest BCUT2D eigenvalue weighted by Gasteiger charge is -2.17. The number of imidazole rings is 1. The molecule has 134 valence electrons. The van der Waals surface area contributed by atoms with Crippen molar-refractivity contribution in [3.63, 3.8) is 0 Å². The molecule has 0 saturated carbocycles. The van der Waals surface area contributed by atoms with Gasteiger partial charge in [-0.25, -0.2) is 4.98 Å². The van der Waals surface area contributed by atoms with E-state index < -0.39 is 6.04 Å². The summed E-state index contributed by atoms with van der Waals surface area (Å²) in [5, 5.41) is 12.6. The molecular formula is C22H19N3O2. The van der Waals surface area contributed by atoms with E-state index in [1.54, 1.807) is 12.4 Å². The van der Waals surface area contributed by atoms with E-state index in [0.29, 0.717) is 5.56 Å². The molecule has 0 bridgehead atoms. The van der Waals surface area contributed by atoms with Crippen LogP contribution in [0.1, 0.15) is 22.0 Å². The first-order chi connectivity index (χ1) is 13.3. The molecule has 0 fully saturated rings. The van der Waals surface area contributed by atoms with Crippen LogP contribution in [0.15, 0.2) is 85.2 Å². The van der Waals surface area contributed by atoms with E-state index in [2.05, 4.69) is 10.3 Å². The number of hydrogen-bond acceptors (Lipinski definition) is 3. The highest BCUT2D eigenvalue weighted by Crippen LogP contribution is 2.19. The van der Waals surface area contributed by atoms with Gasteiger partial charge in [-0.3, -0.25) is 9.36 Å². The normalized spacial score (nSPS) is 12.0. The number of para-hydroxylation sites is 2. The molecule has 0 aliphatic carbocycles. The third-order valence-electron chi connectivity index (χ3n) is 4.53. The fourth-order valence-corrected chi connectivity index (χ4v) is 3.12. The Morgan fingerprint density at radius 1 is 1.00 bits per heavy atom. The van der Waals surface area contributed by atoms with Crippen molar-refractivity contribution in [1.82, 2.24) is 14.9 Å². The Morgan fingerprint density at radius 3 is 2.59 bits per heavy atom. The summed E-state index contributed by atoms with van der Waals surface area (Å²) in [5.74, 6) is -0.232. The number of rotatable bonds is 5. The number of benzene rings is 3. The number of hydrogen-bond donors (Lipinski definition) is 2. The molecular weight excluding hydrogens is 338 g/mol. The highest BCUT2D eigenvalue weighted by atomic mass is 16.3. The van der Waals surface area contributed by atoms with Crippen LogP contribution < -0.4 is 5.32 Å². The lowest BCUT2D eigenvalue weighted by molar-refractivity contribution is 0.0916. The number of carbonyl (C=O) groups is 1. The number of amides is 1. The van der Waals surface area contributed by atoms with Crippen LogP contribution in [-0.4, -0.2) is 27.2 Å². The first kappa shape index (κ1) is 17.0. The largest absolute Gasteiger partial charge is 0.394 e. The summed E-state index contributed by atoms with van der Waals surface area (Å²) in [6, 6.07) is 24.2. The van der Waals surface area contributed by atoms with Crippen LogP contribution in [0, 0.1) is 0 Å². The molecule has 1 aromatic heterocycles. The molecule has 1 unspecified atom stereocenters. The first-order valence-electron chi connectivity index (χ1n) is 8.75. The van der Waals surface area contributed by atoms with Crippen LogP contribution in [0.5, 0.6) is 0 Å². The van der Waals surface area contributed by atoms with Crippen molar-refractivity contribution in [2.45, 2.75) is 6.04 Å². The van der Waals surface area contributed by atoms with Crippen LogP contribution in [0.3, 0.4) is 0 Å². The maximum Gasteiger partial charge on any atom is 0.251 e. The molecule has 0 radical (unpaired) electrons. The predicted octanol–water partition coefficient (Wildman–Crippen LogP) is 3.49. The topological polar surface area (TPSA) is 67.2 Å². The minimum Gasteiger partial charge on any atom is -0.394 e. The predicted molar refractivity (Wildman–Crippen MR) is 105 cm³/mol. The first-order valence-corrected chi connectivity index (χ1v) is 8.75. The number of nitrogens with one attached hydrogen (secondary N) is 1. The van der Waals surface area contributed by atoms with Gasteiger partial charge in [0.25, 0.3) is 5.91 Å². The van der Waals surface area contributed by atoms with E-state index in [-0.39, 0.29) is 12.5 Å². The lowest BCUT2D eigenvalue weighted by atomic mass is 10.1. The Morgan fingerprint density at radius 2 is 1.78 bits per heavy atom. The van der Waals surface area contributed by atoms with Gasteiger partial charge in [-0.15, -0.1) is 0 Å². The monoisotopic (exact) mass is 357 g/mol. The molecule has 2 N–H and O–H groups in total. The molecule has 3 aromatic carbocycles. The van der Waals surface area contributed by atoms with Crippen molar-refractivity contribution in [3.05, 3.63) is 96.3 Å². The van der Waals surface area contributed by atoms with Crippen molar-refractivity contribution < 1.29 is 9.90 Å². The summed E-state index contributed by atoms with van der Waals surface area (Å²) in [4.78, 5) is 17.1. The molecule has 1 heterocycles. The Hall–Kier alpha value is -3.44. The number of aromatic nitrogens is 2. The van der Waals surface area contributed by atoms with Gasteiger partial charge < -0.3 is 10.4 Å². The summed E-state index contributed by atoms with van der Waals surface area (Å²) in [5.41, 5.74) is 4.13. The third-order valence-corrected chi connectivity index (χ3v) is 4.53. The van der Waals surface area contributed by atoms with Gasteiger partial charge >= 0.3 is 0 Å². The maximum atomic E-state index is 12.7. The Balaban J connectivity index is 1.61. The number of aliphatic hydroxyl groups excluding tert-OH is 1. The van der Waals surface area contributed by atoms with E-state index in [9.17, 15) is 9.90 Å². The van der Waals surface area contributed by atoms with Gasteiger partial charge in [0.2, 0.25) is 0 Å². The third kappa shape index (κ3) is 3.45. The molecule has 0 spiro atoms. The van der Waals surface area contributed by atoms with Gasteiger partial charge in [-0.2, -0.15) is 0 Å². The van der Waals surface area contributed by atoms with Gasteiger partial charge in [0.1, 0.15) is 6.33 Å². The number of aliphatic hydroxyl groups is 1. The molecule has 4 rings (SSSR count). The summed E-state index contributed by atoms with van der Waals surface area (Å²) >= 11 is 0. The molecule has 0 aliphatic heterocycles. The maximum absolute atomic E-state index is 12.7. The second-order valence-corrected chi connectivity index (χ2v) is 6.27. The van der Waals surface area contributed by atoms with Gasteiger partial charge in [-0.1, -0.05) is 48.5 Å².